The second-order valence-electron chi connectivity index (χ2n) is 5.41. The van der Waals surface area contributed by atoms with Crippen molar-refractivity contribution in [1.82, 2.24) is 15.2 Å². The average Bonchev–Trinajstić information content (AvgIpc) is 2.45. The topological polar surface area (TPSA) is 28.2 Å². The minimum atomic E-state index is 0.982. The van der Waals surface area contributed by atoms with E-state index in [2.05, 4.69) is 54.2 Å². The number of nitrogens with zero attached hydrogens (tertiary/aromatic N) is 2. The van der Waals surface area contributed by atoms with Crippen LogP contribution in [0.4, 0.5) is 0 Å². The standard InChI is InChI=1S/C17H31N3/c1-4-18-13-8-6-7-9-14-20(5-2)15-17-12-10-11-16(3)19-17/h10-12,18H,4-9,13-15H2,1-3H3. The van der Waals surface area contributed by atoms with Crippen molar-refractivity contribution in [3.05, 3.63) is 29.6 Å². The molecule has 0 saturated heterocycles. The van der Waals surface area contributed by atoms with E-state index in [1.165, 1.54) is 44.5 Å². The monoisotopic (exact) mass is 277 g/mol. The number of pyridine rings is 1. The first-order valence-corrected chi connectivity index (χ1v) is 8.11. The second-order valence-corrected chi connectivity index (χ2v) is 5.41. The van der Waals surface area contributed by atoms with Gasteiger partial charge in [0.25, 0.3) is 0 Å². The van der Waals surface area contributed by atoms with Crippen molar-refractivity contribution in [3.8, 4) is 0 Å². The third kappa shape index (κ3) is 7.61. The molecular formula is C17H31N3. The summed E-state index contributed by atoms with van der Waals surface area (Å²) < 4.78 is 0. The van der Waals surface area contributed by atoms with Crippen molar-refractivity contribution in [2.75, 3.05) is 26.2 Å². The van der Waals surface area contributed by atoms with Gasteiger partial charge in [0.2, 0.25) is 0 Å². The molecule has 0 aromatic carbocycles. The molecule has 1 N–H and O–H groups in total. The summed E-state index contributed by atoms with van der Waals surface area (Å²) in [6.45, 7) is 12.0. The minimum Gasteiger partial charge on any atom is -0.317 e. The van der Waals surface area contributed by atoms with Gasteiger partial charge in [-0.1, -0.05) is 32.8 Å². The number of aromatic nitrogens is 1. The molecule has 1 aromatic rings. The first-order valence-electron chi connectivity index (χ1n) is 8.11. The molecule has 0 aliphatic heterocycles. The Morgan fingerprint density at radius 2 is 1.90 bits per heavy atom. The molecule has 0 fully saturated rings. The third-order valence-electron chi connectivity index (χ3n) is 3.61. The van der Waals surface area contributed by atoms with Gasteiger partial charge in [0, 0.05) is 12.2 Å². The van der Waals surface area contributed by atoms with Crippen molar-refractivity contribution < 1.29 is 0 Å². The van der Waals surface area contributed by atoms with E-state index < -0.39 is 0 Å². The van der Waals surface area contributed by atoms with E-state index in [9.17, 15) is 0 Å². The molecule has 0 atom stereocenters. The van der Waals surface area contributed by atoms with Crippen molar-refractivity contribution in [2.45, 2.75) is 53.0 Å². The zero-order chi connectivity index (χ0) is 14.6. The van der Waals surface area contributed by atoms with Gasteiger partial charge in [-0.05, 0) is 58.1 Å². The zero-order valence-electron chi connectivity index (χ0n) is 13.5. The number of hydrogen-bond acceptors (Lipinski definition) is 3. The van der Waals surface area contributed by atoms with Crippen LogP contribution < -0.4 is 5.32 Å². The summed E-state index contributed by atoms with van der Waals surface area (Å²) >= 11 is 0. The van der Waals surface area contributed by atoms with E-state index in [0.29, 0.717) is 0 Å². The van der Waals surface area contributed by atoms with E-state index in [-0.39, 0.29) is 0 Å². The van der Waals surface area contributed by atoms with E-state index >= 15 is 0 Å². The lowest BCUT2D eigenvalue weighted by molar-refractivity contribution is 0.269. The van der Waals surface area contributed by atoms with Gasteiger partial charge in [-0.3, -0.25) is 9.88 Å². The molecule has 1 rings (SSSR count). The van der Waals surface area contributed by atoms with Gasteiger partial charge in [0.05, 0.1) is 5.69 Å². The highest BCUT2D eigenvalue weighted by Gasteiger charge is 2.04. The van der Waals surface area contributed by atoms with Gasteiger partial charge in [-0.2, -0.15) is 0 Å². The molecular weight excluding hydrogens is 246 g/mol. The molecule has 0 aliphatic rings. The normalized spacial score (nSPS) is 11.2. The summed E-state index contributed by atoms with van der Waals surface area (Å²) in [6, 6.07) is 6.29. The Hall–Kier alpha value is -0.930. The van der Waals surface area contributed by atoms with Crippen LogP contribution in [0.1, 0.15) is 50.9 Å². The molecule has 0 amide bonds. The predicted octanol–water partition coefficient (Wildman–Crippen LogP) is 3.38. The molecule has 0 aliphatic carbocycles. The first kappa shape index (κ1) is 17.1. The van der Waals surface area contributed by atoms with E-state index in [1.807, 2.05) is 0 Å². The Kier molecular flexibility index (Phi) is 9.25. The van der Waals surface area contributed by atoms with Crippen LogP contribution >= 0.6 is 0 Å². The maximum Gasteiger partial charge on any atom is 0.0547 e. The van der Waals surface area contributed by atoms with Crippen LogP contribution in [0.25, 0.3) is 0 Å². The molecule has 0 spiro atoms. The zero-order valence-corrected chi connectivity index (χ0v) is 13.5. The fourth-order valence-corrected chi connectivity index (χ4v) is 2.38. The highest BCUT2D eigenvalue weighted by atomic mass is 15.1. The minimum absolute atomic E-state index is 0.982. The van der Waals surface area contributed by atoms with Gasteiger partial charge >= 0.3 is 0 Å². The van der Waals surface area contributed by atoms with Crippen LogP contribution in [-0.4, -0.2) is 36.1 Å². The van der Waals surface area contributed by atoms with Gasteiger partial charge < -0.3 is 5.32 Å². The van der Waals surface area contributed by atoms with Crippen molar-refractivity contribution in [1.29, 1.82) is 0 Å². The number of hydrogen-bond donors (Lipinski definition) is 1. The Labute approximate surface area is 124 Å². The maximum absolute atomic E-state index is 4.59. The molecule has 0 radical (unpaired) electrons. The molecule has 0 unspecified atom stereocenters. The third-order valence-corrected chi connectivity index (χ3v) is 3.61. The summed E-state index contributed by atoms with van der Waals surface area (Å²) in [5, 5.41) is 3.38. The summed E-state index contributed by atoms with van der Waals surface area (Å²) in [5.74, 6) is 0. The van der Waals surface area contributed by atoms with E-state index in [1.54, 1.807) is 0 Å². The second kappa shape index (κ2) is 10.8. The largest absolute Gasteiger partial charge is 0.317 e. The Morgan fingerprint density at radius 3 is 2.60 bits per heavy atom. The number of aryl methyl sites for hydroxylation is 1. The molecule has 3 heteroatoms. The van der Waals surface area contributed by atoms with Crippen LogP contribution in [0, 0.1) is 6.92 Å². The quantitative estimate of drug-likeness (QED) is 0.629. The average molecular weight is 277 g/mol. The lowest BCUT2D eigenvalue weighted by Crippen LogP contribution is -2.24. The fourth-order valence-electron chi connectivity index (χ4n) is 2.38. The van der Waals surface area contributed by atoms with Gasteiger partial charge in [0.15, 0.2) is 0 Å². The van der Waals surface area contributed by atoms with E-state index in [4.69, 9.17) is 0 Å². The first-order chi connectivity index (χ1) is 9.76. The number of unbranched alkanes of at least 4 members (excludes halogenated alkanes) is 3. The summed E-state index contributed by atoms with van der Waals surface area (Å²) in [7, 11) is 0. The molecule has 1 heterocycles. The van der Waals surface area contributed by atoms with Crippen molar-refractivity contribution >= 4 is 0 Å². The Morgan fingerprint density at radius 1 is 1.10 bits per heavy atom. The smallest absolute Gasteiger partial charge is 0.0547 e. The predicted molar refractivity (Wildman–Crippen MR) is 86.9 cm³/mol. The molecule has 114 valence electrons. The van der Waals surface area contributed by atoms with Gasteiger partial charge in [-0.15, -0.1) is 0 Å². The van der Waals surface area contributed by atoms with Crippen LogP contribution in [0.15, 0.2) is 18.2 Å². The van der Waals surface area contributed by atoms with E-state index in [0.717, 1.165) is 25.3 Å². The summed E-state index contributed by atoms with van der Waals surface area (Å²) in [4.78, 5) is 7.08. The molecule has 1 aromatic heterocycles. The highest BCUT2D eigenvalue weighted by Crippen LogP contribution is 2.06. The van der Waals surface area contributed by atoms with Crippen molar-refractivity contribution in [2.24, 2.45) is 0 Å². The molecule has 20 heavy (non-hydrogen) atoms. The molecule has 0 saturated carbocycles. The lowest BCUT2D eigenvalue weighted by Gasteiger charge is -2.20. The van der Waals surface area contributed by atoms with Crippen LogP contribution in [0.2, 0.25) is 0 Å². The van der Waals surface area contributed by atoms with Crippen molar-refractivity contribution in [3.63, 3.8) is 0 Å². The number of nitrogens with one attached hydrogen (secondary N) is 1. The summed E-state index contributed by atoms with van der Waals surface area (Å²) in [5.41, 5.74) is 2.31. The molecule has 3 nitrogen and oxygen atoms in total. The maximum atomic E-state index is 4.59. The Bertz CT molecular complexity index is 352. The molecule has 0 bridgehead atoms. The number of rotatable bonds is 11. The van der Waals surface area contributed by atoms with Gasteiger partial charge in [-0.25, -0.2) is 0 Å². The lowest BCUT2D eigenvalue weighted by atomic mass is 10.2. The van der Waals surface area contributed by atoms with Crippen LogP contribution in [-0.2, 0) is 6.54 Å². The van der Waals surface area contributed by atoms with Crippen LogP contribution in [0.3, 0.4) is 0 Å². The van der Waals surface area contributed by atoms with Gasteiger partial charge in [0.1, 0.15) is 0 Å². The SMILES string of the molecule is CCNCCCCCCN(CC)Cc1cccc(C)n1. The Balaban J connectivity index is 2.16. The fraction of sp³-hybridized carbons (Fsp3) is 0.706. The van der Waals surface area contributed by atoms with Crippen LogP contribution in [0.5, 0.6) is 0 Å². The summed E-state index contributed by atoms with van der Waals surface area (Å²) in [6.07, 6.45) is 5.28. The highest BCUT2D eigenvalue weighted by molar-refractivity contribution is 5.09.